The number of carbonyl (C=O) groups excluding carboxylic acids is 1. The van der Waals surface area contributed by atoms with Crippen molar-refractivity contribution in [1.82, 2.24) is 4.57 Å². The van der Waals surface area contributed by atoms with Gasteiger partial charge in [-0.3, -0.25) is 4.79 Å². The van der Waals surface area contributed by atoms with Gasteiger partial charge >= 0.3 is 0 Å². The van der Waals surface area contributed by atoms with E-state index in [1.807, 2.05) is 23.9 Å². The van der Waals surface area contributed by atoms with E-state index in [0.717, 1.165) is 5.69 Å². The Bertz CT molecular complexity index is 301. The zero-order valence-corrected chi connectivity index (χ0v) is 8.09. The van der Waals surface area contributed by atoms with Crippen molar-refractivity contribution in [2.75, 3.05) is 0 Å². The van der Waals surface area contributed by atoms with Crippen LogP contribution in [0.5, 0.6) is 0 Å². The van der Waals surface area contributed by atoms with E-state index >= 15 is 0 Å². The lowest BCUT2D eigenvalue weighted by Crippen LogP contribution is -2.20. The van der Waals surface area contributed by atoms with Gasteiger partial charge in [-0.1, -0.05) is 19.1 Å². The Hall–Kier alpha value is -0.985. The zero-order chi connectivity index (χ0) is 9.30. The molecule has 0 aromatic carbocycles. The summed E-state index contributed by atoms with van der Waals surface area (Å²) in [4.78, 5) is 11.1. The highest BCUT2D eigenvalue weighted by atomic mass is 16.1. The largest absolute Gasteiger partial charge is 0.349 e. The SMILES string of the molecule is CB(C)c1cc(C(C)=O)n(C)c1. The first-order valence-electron chi connectivity index (χ1n) is 4.19. The zero-order valence-electron chi connectivity index (χ0n) is 8.09. The quantitative estimate of drug-likeness (QED) is 0.474. The maximum atomic E-state index is 11.1. The molecule has 0 fully saturated rings. The van der Waals surface area contributed by atoms with Crippen LogP contribution in [0.4, 0.5) is 0 Å². The average molecular weight is 163 g/mol. The maximum Gasteiger partial charge on any atom is 0.176 e. The molecule has 2 nitrogen and oxygen atoms in total. The molecule has 0 atom stereocenters. The van der Waals surface area contributed by atoms with Crippen molar-refractivity contribution >= 4 is 18.0 Å². The summed E-state index contributed by atoms with van der Waals surface area (Å²) < 4.78 is 1.89. The molecule has 0 bridgehead atoms. The lowest BCUT2D eigenvalue weighted by Gasteiger charge is -1.94. The summed E-state index contributed by atoms with van der Waals surface area (Å²) in [5.74, 6) is 0.129. The molecule has 1 rings (SSSR count). The molecular weight excluding hydrogens is 149 g/mol. The van der Waals surface area contributed by atoms with Crippen LogP contribution in [0.2, 0.25) is 13.6 Å². The number of nitrogens with zero attached hydrogens (tertiary/aromatic N) is 1. The van der Waals surface area contributed by atoms with Crippen LogP contribution < -0.4 is 5.46 Å². The number of hydrogen-bond donors (Lipinski definition) is 0. The molecule has 1 aromatic rings. The first-order valence-corrected chi connectivity index (χ1v) is 4.19. The van der Waals surface area contributed by atoms with E-state index in [1.165, 1.54) is 5.46 Å². The predicted octanol–water partition coefficient (Wildman–Crippen LogP) is 1.19. The van der Waals surface area contributed by atoms with Gasteiger partial charge in [0.25, 0.3) is 0 Å². The van der Waals surface area contributed by atoms with Gasteiger partial charge in [0.15, 0.2) is 12.5 Å². The second-order valence-electron chi connectivity index (χ2n) is 3.48. The van der Waals surface area contributed by atoms with E-state index in [1.54, 1.807) is 6.92 Å². The van der Waals surface area contributed by atoms with Crippen molar-refractivity contribution < 1.29 is 4.79 Å². The fourth-order valence-corrected chi connectivity index (χ4v) is 1.26. The van der Waals surface area contributed by atoms with Gasteiger partial charge in [-0.25, -0.2) is 0 Å². The Morgan fingerprint density at radius 2 is 2.08 bits per heavy atom. The number of rotatable bonds is 2. The topological polar surface area (TPSA) is 22.0 Å². The van der Waals surface area contributed by atoms with Crippen LogP contribution in [0.25, 0.3) is 0 Å². The average Bonchev–Trinajstić information content (AvgIpc) is 2.30. The monoisotopic (exact) mass is 163 g/mol. The van der Waals surface area contributed by atoms with Crippen molar-refractivity contribution in [1.29, 1.82) is 0 Å². The van der Waals surface area contributed by atoms with Crippen LogP contribution in [0.15, 0.2) is 12.3 Å². The van der Waals surface area contributed by atoms with E-state index in [2.05, 4.69) is 13.6 Å². The van der Waals surface area contributed by atoms with Crippen LogP contribution >= 0.6 is 0 Å². The molecule has 1 heterocycles. The van der Waals surface area contributed by atoms with Crippen molar-refractivity contribution in [3.05, 3.63) is 18.0 Å². The molecule has 0 aliphatic heterocycles. The van der Waals surface area contributed by atoms with Gasteiger partial charge in [-0.2, -0.15) is 0 Å². The highest BCUT2D eigenvalue weighted by Gasteiger charge is 2.10. The third-order valence-corrected chi connectivity index (χ3v) is 2.05. The summed E-state index contributed by atoms with van der Waals surface area (Å²) >= 11 is 0. The fourth-order valence-electron chi connectivity index (χ4n) is 1.26. The number of ketones is 1. The summed E-state index contributed by atoms with van der Waals surface area (Å²) in [6.45, 7) is 6.34. The number of aryl methyl sites for hydroxylation is 1. The number of aromatic nitrogens is 1. The van der Waals surface area contributed by atoms with Gasteiger partial charge in [0.05, 0.1) is 5.69 Å². The first-order chi connectivity index (χ1) is 5.52. The van der Waals surface area contributed by atoms with Crippen molar-refractivity contribution in [3.8, 4) is 0 Å². The van der Waals surface area contributed by atoms with E-state index in [9.17, 15) is 4.79 Å². The van der Waals surface area contributed by atoms with Gasteiger partial charge < -0.3 is 4.57 Å². The van der Waals surface area contributed by atoms with Crippen LogP contribution in [0.3, 0.4) is 0 Å². The number of Topliss-reactive ketones (excluding diaryl/α,β-unsaturated/α-hetero) is 1. The number of hydrogen-bond acceptors (Lipinski definition) is 1. The second-order valence-corrected chi connectivity index (χ2v) is 3.48. The summed E-state index contributed by atoms with van der Waals surface area (Å²) in [6, 6.07) is 1.97. The summed E-state index contributed by atoms with van der Waals surface area (Å²) in [5, 5.41) is 0. The molecule has 0 radical (unpaired) electrons. The minimum absolute atomic E-state index is 0.129. The first kappa shape index (κ1) is 9.11. The summed E-state index contributed by atoms with van der Waals surface area (Å²) in [5.41, 5.74) is 2.02. The van der Waals surface area contributed by atoms with E-state index in [4.69, 9.17) is 0 Å². The van der Waals surface area contributed by atoms with Gasteiger partial charge in [-0.05, 0) is 12.3 Å². The maximum absolute atomic E-state index is 11.1. The Morgan fingerprint density at radius 1 is 1.50 bits per heavy atom. The third kappa shape index (κ3) is 1.60. The minimum Gasteiger partial charge on any atom is -0.349 e. The van der Waals surface area contributed by atoms with Gasteiger partial charge in [0, 0.05) is 14.0 Å². The molecule has 0 amide bonds. The summed E-state index contributed by atoms with van der Waals surface area (Å²) in [7, 11) is 1.91. The molecule has 0 unspecified atom stereocenters. The summed E-state index contributed by atoms with van der Waals surface area (Å²) in [6.07, 6.45) is 2.02. The lowest BCUT2D eigenvalue weighted by atomic mass is 9.50. The Balaban J connectivity index is 3.09. The third-order valence-electron chi connectivity index (χ3n) is 2.05. The molecule has 0 aliphatic carbocycles. The molecule has 64 valence electrons. The Labute approximate surface area is 73.7 Å². The molecule has 0 spiro atoms. The number of carbonyl (C=O) groups is 1. The lowest BCUT2D eigenvalue weighted by molar-refractivity contribution is 0.101. The van der Waals surface area contributed by atoms with Gasteiger partial charge in [0.1, 0.15) is 0 Å². The second kappa shape index (κ2) is 3.17. The molecule has 0 saturated heterocycles. The van der Waals surface area contributed by atoms with Crippen molar-refractivity contribution in [3.63, 3.8) is 0 Å². The fraction of sp³-hybridized carbons (Fsp3) is 0.444. The molecule has 1 aromatic heterocycles. The minimum atomic E-state index is 0.129. The van der Waals surface area contributed by atoms with Crippen molar-refractivity contribution in [2.24, 2.45) is 7.05 Å². The van der Waals surface area contributed by atoms with Crippen LogP contribution in [-0.2, 0) is 7.05 Å². The molecule has 0 N–H and O–H groups in total. The van der Waals surface area contributed by atoms with E-state index in [0.29, 0.717) is 6.71 Å². The van der Waals surface area contributed by atoms with Crippen LogP contribution in [0, 0.1) is 0 Å². The van der Waals surface area contributed by atoms with E-state index in [-0.39, 0.29) is 5.78 Å². The Morgan fingerprint density at radius 3 is 2.33 bits per heavy atom. The van der Waals surface area contributed by atoms with Crippen LogP contribution in [0.1, 0.15) is 17.4 Å². The standard InChI is InChI=1S/C9H14BNO/c1-7(12)9-5-8(10(2)3)6-11(9)4/h5-6H,1-4H3. The molecule has 0 saturated carbocycles. The highest BCUT2D eigenvalue weighted by molar-refractivity contribution is 6.70. The molecule has 3 heteroatoms. The van der Waals surface area contributed by atoms with Crippen LogP contribution in [-0.4, -0.2) is 17.1 Å². The highest BCUT2D eigenvalue weighted by Crippen LogP contribution is 2.00. The normalized spacial score (nSPS) is 10.0. The van der Waals surface area contributed by atoms with Gasteiger partial charge in [0.2, 0.25) is 0 Å². The van der Waals surface area contributed by atoms with Crippen molar-refractivity contribution in [2.45, 2.75) is 20.6 Å². The predicted molar refractivity (Wildman–Crippen MR) is 52.5 cm³/mol. The molecular formula is C9H14BNO. The smallest absolute Gasteiger partial charge is 0.176 e. The molecule has 12 heavy (non-hydrogen) atoms. The van der Waals surface area contributed by atoms with Gasteiger partial charge in [-0.15, -0.1) is 0 Å². The Kier molecular flexibility index (Phi) is 2.41. The van der Waals surface area contributed by atoms with E-state index < -0.39 is 0 Å². The molecule has 0 aliphatic rings.